The SMILES string of the molecule is CSC/C=C/C(C)N. The summed E-state index contributed by atoms with van der Waals surface area (Å²) in [6, 6.07) is 0.210. The first-order chi connectivity index (χ1) is 3.77. The standard InChI is InChI=1S/C6H13NS/c1-6(7)4-3-5-8-2/h3-4,6H,5,7H2,1-2H3/b4-3+. The summed E-state index contributed by atoms with van der Waals surface area (Å²) in [5.74, 6) is 1.07. The van der Waals surface area contributed by atoms with Crippen LogP contribution in [0.5, 0.6) is 0 Å². The van der Waals surface area contributed by atoms with Gasteiger partial charge in [-0.15, -0.1) is 0 Å². The molecule has 0 amide bonds. The first kappa shape index (κ1) is 8.05. The van der Waals surface area contributed by atoms with E-state index >= 15 is 0 Å². The van der Waals surface area contributed by atoms with Crippen molar-refractivity contribution in [1.29, 1.82) is 0 Å². The molecule has 0 saturated carbocycles. The van der Waals surface area contributed by atoms with E-state index in [-0.39, 0.29) is 6.04 Å². The first-order valence-corrected chi connectivity index (χ1v) is 4.08. The predicted octanol–water partition coefficient (Wildman–Crippen LogP) is 1.25. The zero-order valence-corrected chi connectivity index (χ0v) is 6.24. The topological polar surface area (TPSA) is 26.0 Å². The lowest BCUT2D eigenvalue weighted by molar-refractivity contribution is 0.924. The zero-order chi connectivity index (χ0) is 6.41. The van der Waals surface area contributed by atoms with Crippen molar-refractivity contribution in [3.63, 3.8) is 0 Å². The molecule has 2 heteroatoms. The summed E-state index contributed by atoms with van der Waals surface area (Å²) >= 11 is 1.80. The molecule has 0 aromatic carbocycles. The van der Waals surface area contributed by atoms with E-state index in [9.17, 15) is 0 Å². The molecule has 1 atom stereocenters. The molecule has 0 saturated heterocycles. The van der Waals surface area contributed by atoms with Crippen molar-refractivity contribution >= 4 is 11.8 Å². The highest BCUT2D eigenvalue weighted by Crippen LogP contribution is 1.91. The van der Waals surface area contributed by atoms with Crippen LogP contribution in [0.4, 0.5) is 0 Å². The van der Waals surface area contributed by atoms with E-state index in [4.69, 9.17) is 5.73 Å². The van der Waals surface area contributed by atoms with Gasteiger partial charge in [-0.2, -0.15) is 11.8 Å². The Labute approximate surface area is 55.3 Å². The van der Waals surface area contributed by atoms with Crippen LogP contribution in [-0.2, 0) is 0 Å². The predicted molar refractivity (Wildman–Crippen MR) is 41.2 cm³/mol. The summed E-state index contributed by atoms with van der Waals surface area (Å²) in [5, 5.41) is 0. The van der Waals surface area contributed by atoms with Gasteiger partial charge in [-0.25, -0.2) is 0 Å². The lowest BCUT2D eigenvalue weighted by Gasteiger charge is -1.91. The van der Waals surface area contributed by atoms with Crippen LogP contribution in [0.15, 0.2) is 12.2 Å². The quantitative estimate of drug-likeness (QED) is 0.583. The van der Waals surface area contributed by atoms with Gasteiger partial charge in [0.05, 0.1) is 0 Å². The number of rotatable bonds is 3. The Bertz CT molecular complexity index is 68.9. The molecule has 0 spiro atoms. The second-order valence-electron chi connectivity index (χ2n) is 1.74. The summed E-state index contributed by atoms with van der Waals surface area (Å²) in [7, 11) is 0. The third-order valence-corrected chi connectivity index (χ3v) is 1.23. The highest BCUT2D eigenvalue weighted by Gasteiger charge is 1.80. The Morgan fingerprint density at radius 1 is 1.75 bits per heavy atom. The highest BCUT2D eigenvalue weighted by molar-refractivity contribution is 7.98. The molecule has 0 heterocycles. The third-order valence-electron chi connectivity index (χ3n) is 0.703. The number of hydrogen-bond donors (Lipinski definition) is 1. The minimum absolute atomic E-state index is 0.210. The van der Waals surface area contributed by atoms with Gasteiger partial charge in [-0.05, 0) is 13.2 Å². The molecule has 48 valence electrons. The highest BCUT2D eigenvalue weighted by atomic mass is 32.2. The number of hydrogen-bond acceptors (Lipinski definition) is 2. The normalized spacial score (nSPS) is 14.9. The molecule has 0 rings (SSSR count). The van der Waals surface area contributed by atoms with Crippen LogP contribution in [0, 0.1) is 0 Å². The molecule has 1 unspecified atom stereocenters. The Balaban J connectivity index is 3.07. The summed E-state index contributed by atoms with van der Waals surface area (Å²) in [6.07, 6.45) is 6.18. The van der Waals surface area contributed by atoms with E-state index in [1.54, 1.807) is 11.8 Å². The second kappa shape index (κ2) is 5.19. The van der Waals surface area contributed by atoms with Gasteiger partial charge in [0.25, 0.3) is 0 Å². The molecule has 0 aromatic rings. The maximum absolute atomic E-state index is 5.44. The van der Waals surface area contributed by atoms with Crippen molar-refractivity contribution in [2.24, 2.45) is 5.73 Å². The van der Waals surface area contributed by atoms with E-state index < -0.39 is 0 Å². The van der Waals surface area contributed by atoms with Crippen LogP contribution in [0.3, 0.4) is 0 Å². The maximum atomic E-state index is 5.44. The fourth-order valence-electron chi connectivity index (χ4n) is 0.366. The van der Waals surface area contributed by atoms with Crippen LogP contribution in [0.1, 0.15) is 6.92 Å². The molecule has 1 nitrogen and oxygen atoms in total. The van der Waals surface area contributed by atoms with Crippen LogP contribution in [0.2, 0.25) is 0 Å². The molecule has 0 aliphatic rings. The molecule has 0 aliphatic carbocycles. The molecule has 8 heavy (non-hydrogen) atoms. The maximum Gasteiger partial charge on any atom is 0.0195 e. The van der Waals surface area contributed by atoms with E-state index in [2.05, 4.69) is 12.3 Å². The summed E-state index contributed by atoms with van der Waals surface area (Å²) in [6.45, 7) is 1.97. The lowest BCUT2D eigenvalue weighted by atomic mass is 10.3. The van der Waals surface area contributed by atoms with Crippen molar-refractivity contribution < 1.29 is 0 Å². The molecule has 0 fully saturated rings. The molecule has 2 N–H and O–H groups in total. The number of nitrogens with two attached hydrogens (primary N) is 1. The zero-order valence-electron chi connectivity index (χ0n) is 5.42. The van der Waals surface area contributed by atoms with Gasteiger partial charge in [0.2, 0.25) is 0 Å². The third kappa shape index (κ3) is 6.05. The van der Waals surface area contributed by atoms with Crippen molar-refractivity contribution in [1.82, 2.24) is 0 Å². The van der Waals surface area contributed by atoms with Gasteiger partial charge in [-0.3, -0.25) is 0 Å². The van der Waals surface area contributed by atoms with Crippen LogP contribution < -0.4 is 5.73 Å². The van der Waals surface area contributed by atoms with E-state index in [0.717, 1.165) is 5.75 Å². The summed E-state index contributed by atoms with van der Waals surface area (Å²) < 4.78 is 0. The Kier molecular flexibility index (Phi) is 5.22. The Morgan fingerprint density at radius 3 is 2.75 bits per heavy atom. The monoisotopic (exact) mass is 131 g/mol. The number of thioether (sulfide) groups is 1. The van der Waals surface area contributed by atoms with Crippen molar-refractivity contribution in [2.75, 3.05) is 12.0 Å². The largest absolute Gasteiger partial charge is 0.325 e. The van der Waals surface area contributed by atoms with Gasteiger partial charge in [0.1, 0.15) is 0 Å². The van der Waals surface area contributed by atoms with Gasteiger partial charge in [0.15, 0.2) is 0 Å². The van der Waals surface area contributed by atoms with Crippen molar-refractivity contribution in [2.45, 2.75) is 13.0 Å². The Hall–Kier alpha value is 0.0500. The summed E-state index contributed by atoms with van der Waals surface area (Å²) in [5.41, 5.74) is 5.44. The smallest absolute Gasteiger partial charge is 0.0195 e. The first-order valence-electron chi connectivity index (χ1n) is 2.68. The molecular weight excluding hydrogens is 118 g/mol. The van der Waals surface area contributed by atoms with E-state index in [0.29, 0.717) is 0 Å². The molecular formula is C6H13NS. The van der Waals surface area contributed by atoms with Gasteiger partial charge in [0, 0.05) is 11.8 Å². The van der Waals surface area contributed by atoms with E-state index in [1.165, 1.54) is 0 Å². The molecule has 0 radical (unpaired) electrons. The average molecular weight is 131 g/mol. The van der Waals surface area contributed by atoms with Gasteiger partial charge >= 0.3 is 0 Å². The fraction of sp³-hybridized carbons (Fsp3) is 0.667. The van der Waals surface area contributed by atoms with E-state index in [1.807, 2.05) is 13.0 Å². The van der Waals surface area contributed by atoms with Crippen LogP contribution >= 0.6 is 11.8 Å². The van der Waals surface area contributed by atoms with Gasteiger partial charge in [-0.1, -0.05) is 12.2 Å². The van der Waals surface area contributed by atoms with Crippen LogP contribution in [-0.4, -0.2) is 18.1 Å². The van der Waals surface area contributed by atoms with Crippen LogP contribution in [0.25, 0.3) is 0 Å². The average Bonchev–Trinajstić information content (AvgIpc) is 1.66. The fourth-order valence-corrected chi connectivity index (χ4v) is 0.670. The minimum Gasteiger partial charge on any atom is -0.325 e. The molecule has 0 aliphatic heterocycles. The molecule has 0 aromatic heterocycles. The van der Waals surface area contributed by atoms with Gasteiger partial charge < -0.3 is 5.73 Å². The van der Waals surface area contributed by atoms with Crippen molar-refractivity contribution in [3.8, 4) is 0 Å². The molecule has 0 bridgehead atoms. The lowest BCUT2D eigenvalue weighted by Crippen LogP contribution is -2.10. The van der Waals surface area contributed by atoms with Crippen molar-refractivity contribution in [3.05, 3.63) is 12.2 Å². The Morgan fingerprint density at radius 2 is 2.38 bits per heavy atom. The summed E-state index contributed by atoms with van der Waals surface area (Å²) in [4.78, 5) is 0. The second-order valence-corrected chi connectivity index (χ2v) is 2.65. The minimum atomic E-state index is 0.210.